The van der Waals surface area contributed by atoms with Crippen LogP contribution in [0.15, 0.2) is 40.2 Å². The highest BCUT2D eigenvalue weighted by Crippen LogP contribution is 2.25. The molecule has 0 aromatic heterocycles. The maximum atomic E-state index is 4.50. The molecular formula is C21H36N4S. The zero-order chi connectivity index (χ0) is 18.6. The second-order valence-corrected chi connectivity index (χ2v) is 8.03. The van der Waals surface area contributed by atoms with Crippen molar-refractivity contribution in [1.29, 1.82) is 0 Å². The first-order valence-electron chi connectivity index (χ1n) is 10.1. The molecule has 1 heterocycles. The lowest BCUT2D eigenvalue weighted by Crippen LogP contribution is -2.40. The van der Waals surface area contributed by atoms with Crippen molar-refractivity contribution in [2.75, 3.05) is 52.1 Å². The third-order valence-corrected chi connectivity index (χ3v) is 6.35. The Morgan fingerprint density at radius 3 is 2.69 bits per heavy atom. The van der Waals surface area contributed by atoms with Gasteiger partial charge in [-0.1, -0.05) is 32.0 Å². The summed E-state index contributed by atoms with van der Waals surface area (Å²) in [6, 6.07) is 10.7. The third kappa shape index (κ3) is 7.20. The monoisotopic (exact) mass is 376 g/mol. The Bertz CT molecular complexity index is 516. The van der Waals surface area contributed by atoms with E-state index in [1.807, 2.05) is 18.8 Å². The van der Waals surface area contributed by atoms with E-state index in [4.69, 9.17) is 0 Å². The molecule has 26 heavy (non-hydrogen) atoms. The van der Waals surface area contributed by atoms with Gasteiger partial charge in [0.05, 0.1) is 0 Å². The molecule has 0 radical (unpaired) electrons. The molecule has 1 unspecified atom stereocenters. The third-order valence-electron chi connectivity index (χ3n) is 5.10. The summed E-state index contributed by atoms with van der Waals surface area (Å²) in [7, 11) is 1.91. The molecule has 1 fully saturated rings. The van der Waals surface area contributed by atoms with Crippen molar-refractivity contribution < 1.29 is 0 Å². The first-order chi connectivity index (χ1) is 12.8. The zero-order valence-corrected chi connectivity index (χ0v) is 17.6. The second-order valence-electron chi connectivity index (χ2n) is 6.93. The van der Waals surface area contributed by atoms with Crippen LogP contribution in [0, 0.1) is 5.92 Å². The van der Waals surface area contributed by atoms with Crippen molar-refractivity contribution in [3.05, 3.63) is 30.3 Å². The van der Waals surface area contributed by atoms with Gasteiger partial charge in [-0.25, -0.2) is 0 Å². The summed E-state index contributed by atoms with van der Waals surface area (Å²) in [6.07, 6.45) is 3.72. The van der Waals surface area contributed by atoms with Gasteiger partial charge in [0.25, 0.3) is 0 Å². The van der Waals surface area contributed by atoms with Gasteiger partial charge in [0.1, 0.15) is 0 Å². The molecule has 1 atom stereocenters. The van der Waals surface area contributed by atoms with E-state index in [9.17, 15) is 0 Å². The minimum absolute atomic E-state index is 0.751. The Morgan fingerprint density at radius 2 is 2.00 bits per heavy atom. The number of guanidine groups is 1. The van der Waals surface area contributed by atoms with E-state index in [2.05, 4.69) is 64.3 Å². The van der Waals surface area contributed by atoms with Gasteiger partial charge in [0.2, 0.25) is 0 Å². The molecule has 1 aromatic rings. The van der Waals surface area contributed by atoms with Gasteiger partial charge in [-0.05, 0) is 56.9 Å². The number of rotatable bonds is 10. The molecule has 0 saturated carbocycles. The number of nitrogens with zero attached hydrogens (tertiary/aromatic N) is 3. The zero-order valence-electron chi connectivity index (χ0n) is 16.8. The largest absolute Gasteiger partial charge is 0.356 e. The number of benzene rings is 1. The highest BCUT2D eigenvalue weighted by Gasteiger charge is 2.24. The summed E-state index contributed by atoms with van der Waals surface area (Å²) < 4.78 is 0. The second kappa shape index (κ2) is 12.2. The fourth-order valence-electron chi connectivity index (χ4n) is 3.42. The molecule has 1 saturated heterocycles. The van der Waals surface area contributed by atoms with Gasteiger partial charge in [-0.2, -0.15) is 0 Å². The lowest BCUT2D eigenvalue weighted by Gasteiger charge is -2.22. The van der Waals surface area contributed by atoms with Crippen LogP contribution in [0.1, 0.15) is 33.1 Å². The van der Waals surface area contributed by atoms with Crippen LogP contribution >= 0.6 is 11.8 Å². The highest BCUT2D eigenvalue weighted by atomic mass is 32.2. The number of unbranched alkanes of at least 4 members (excludes halogenated alkanes) is 1. The molecular weight excluding hydrogens is 340 g/mol. The van der Waals surface area contributed by atoms with Crippen molar-refractivity contribution in [3.8, 4) is 0 Å². The SMILES string of the molecule is CCN(CC)CCCCNC(=NC)N1CCC(CSc2ccccc2)C1. The van der Waals surface area contributed by atoms with Gasteiger partial charge in [0.15, 0.2) is 5.96 Å². The van der Waals surface area contributed by atoms with E-state index >= 15 is 0 Å². The summed E-state index contributed by atoms with van der Waals surface area (Å²) in [5.41, 5.74) is 0. The van der Waals surface area contributed by atoms with Gasteiger partial charge in [-0.3, -0.25) is 4.99 Å². The van der Waals surface area contributed by atoms with Crippen LogP contribution in [-0.4, -0.2) is 67.8 Å². The Morgan fingerprint density at radius 1 is 1.23 bits per heavy atom. The number of nitrogens with one attached hydrogen (secondary N) is 1. The van der Waals surface area contributed by atoms with E-state index in [0.717, 1.165) is 44.6 Å². The summed E-state index contributed by atoms with van der Waals surface area (Å²) in [6.45, 7) is 11.3. The number of thioether (sulfide) groups is 1. The van der Waals surface area contributed by atoms with Crippen LogP contribution in [0.4, 0.5) is 0 Å². The normalized spacial score (nSPS) is 17.9. The predicted octanol–water partition coefficient (Wildman–Crippen LogP) is 3.80. The summed E-state index contributed by atoms with van der Waals surface area (Å²) in [4.78, 5) is 10.8. The summed E-state index contributed by atoms with van der Waals surface area (Å²) in [5, 5.41) is 3.57. The Hall–Kier alpha value is -1.20. The molecule has 0 aliphatic carbocycles. The van der Waals surface area contributed by atoms with E-state index < -0.39 is 0 Å². The Balaban J connectivity index is 1.64. The molecule has 0 amide bonds. The fourth-order valence-corrected chi connectivity index (χ4v) is 4.47. The molecule has 1 aromatic carbocycles. The lowest BCUT2D eigenvalue weighted by atomic mass is 10.2. The van der Waals surface area contributed by atoms with Crippen LogP contribution in [0.5, 0.6) is 0 Å². The molecule has 1 N–H and O–H groups in total. The Labute approximate surface area is 164 Å². The van der Waals surface area contributed by atoms with Crippen LogP contribution in [0.2, 0.25) is 0 Å². The van der Waals surface area contributed by atoms with E-state index in [0.29, 0.717) is 0 Å². The first kappa shape index (κ1) is 21.1. The minimum Gasteiger partial charge on any atom is -0.356 e. The van der Waals surface area contributed by atoms with Crippen molar-refractivity contribution in [2.45, 2.75) is 38.0 Å². The minimum atomic E-state index is 0.751. The van der Waals surface area contributed by atoms with Crippen molar-refractivity contribution >= 4 is 17.7 Å². The van der Waals surface area contributed by atoms with Crippen molar-refractivity contribution in [3.63, 3.8) is 0 Å². The molecule has 0 bridgehead atoms. The fraction of sp³-hybridized carbons (Fsp3) is 0.667. The number of hydrogen-bond acceptors (Lipinski definition) is 3. The molecule has 4 nitrogen and oxygen atoms in total. The van der Waals surface area contributed by atoms with Crippen LogP contribution in [0.25, 0.3) is 0 Å². The first-order valence-corrected chi connectivity index (χ1v) is 11.1. The molecule has 146 valence electrons. The van der Waals surface area contributed by atoms with E-state index in [-0.39, 0.29) is 0 Å². The van der Waals surface area contributed by atoms with Gasteiger partial charge >= 0.3 is 0 Å². The van der Waals surface area contributed by atoms with Crippen LogP contribution < -0.4 is 5.32 Å². The van der Waals surface area contributed by atoms with Crippen LogP contribution in [-0.2, 0) is 0 Å². The van der Waals surface area contributed by atoms with E-state index in [1.54, 1.807) is 0 Å². The van der Waals surface area contributed by atoms with Gasteiger partial charge in [0, 0.05) is 37.3 Å². The topological polar surface area (TPSA) is 30.9 Å². The molecule has 0 spiro atoms. The number of likely N-dealkylation sites (tertiary alicyclic amines) is 1. The number of aliphatic imine (C=N–C) groups is 1. The maximum Gasteiger partial charge on any atom is 0.193 e. The standard InChI is InChI=1S/C21H36N4S/c1-4-24(5-2)15-10-9-14-23-21(22-3)25-16-13-19(17-25)18-26-20-11-7-6-8-12-20/h6-8,11-12,19H,4-5,9-10,13-18H2,1-3H3,(H,22,23). The average molecular weight is 377 g/mol. The van der Waals surface area contributed by atoms with Crippen molar-refractivity contribution in [2.24, 2.45) is 10.9 Å². The van der Waals surface area contributed by atoms with Crippen molar-refractivity contribution in [1.82, 2.24) is 15.1 Å². The van der Waals surface area contributed by atoms with Gasteiger partial charge < -0.3 is 15.1 Å². The summed E-state index contributed by atoms with van der Waals surface area (Å²) >= 11 is 1.98. The molecule has 1 aliphatic heterocycles. The predicted molar refractivity (Wildman–Crippen MR) is 115 cm³/mol. The smallest absolute Gasteiger partial charge is 0.193 e. The Kier molecular flexibility index (Phi) is 9.93. The summed E-state index contributed by atoms with van der Waals surface area (Å²) in [5.74, 6) is 3.03. The quantitative estimate of drug-likeness (QED) is 0.291. The van der Waals surface area contributed by atoms with E-state index in [1.165, 1.54) is 36.5 Å². The molecule has 1 aliphatic rings. The van der Waals surface area contributed by atoms with Gasteiger partial charge in [-0.15, -0.1) is 11.8 Å². The lowest BCUT2D eigenvalue weighted by molar-refractivity contribution is 0.297. The van der Waals surface area contributed by atoms with Crippen LogP contribution in [0.3, 0.4) is 0 Å². The molecule has 2 rings (SSSR count). The number of hydrogen-bond donors (Lipinski definition) is 1. The molecule has 5 heteroatoms. The maximum absolute atomic E-state index is 4.50. The highest BCUT2D eigenvalue weighted by molar-refractivity contribution is 7.99. The average Bonchev–Trinajstić information content (AvgIpc) is 3.16.